The van der Waals surface area contributed by atoms with E-state index in [4.69, 9.17) is 9.15 Å². The molecular weight excluding hydrogens is 410 g/mol. The highest BCUT2D eigenvalue weighted by molar-refractivity contribution is 7.98. The van der Waals surface area contributed by atoms with Crippen molar-refractivity contribution in [2.45, 2.75) is 18.2 Å². The van der Waals surface area contributed by atoms with Crippen LogP contribution < -0.4 is 0 Å². The molecule has 0 aliphatic carbocycles. The van der Waals surface area contributed by atoms with Gasteiger partial charge in [0.25, 0.3) is 11.6 Å². The number of thioether (sulfide) groups is 1. The van der Waals surface area contributed by atoms with E-state index in [0.29, 0.717) is 16.2 Å². The highest BCUT2D eigenvalue weighted by atomic mass is 32.2. The van der Waals surface area contributed by atoms with Crippen molar-refractivity contribution in [1.29, 1.82) is 0 Å². The molecule has 0 aliphatic rings. The number of fused-ring (bicyclic) bond motifs is 1. The predicted octanol–water partition coefficient (Wildman–Crippen LogP) is 3.93. The number of hydrogen-bond donors (Lipinski definition) is 0. The molecule has 0 amide bonds. The normalized spacial score (nSPS) is 12.1. The van der Waals surface area contributed by atoms with E-state index in [1.54, 1.807) is 13.0 Å². The summed E-state index contributed by atoms with van der Waals surface area (Å²) < 4.78 is 12.9. The highest BCUT2D eigenvalue weighted by Crippen LogP contribution is 2.26. The fourth-order valence-corrected chi connectivity index (χ4v) is 3.35. The quantitative estimate of drug-likeness (QED) is 0.195. The zero-order valence-electron chi connectivity index (χ0n) is 15.9. The fourth-order valence-electron chi connectivity index (χ4n) is 2.81. The molecule has 10 nitrogen and oxygen atoms in total. The van der Waals surface area contributed by atoms with Crippen LogP contribution in [0.25, 0.3) is 17.0 Å². The standard InChI is InChI=1S/C19H15N5O5S/c1-11(16-21-22-17(29-16)12-6-8-13(9-7-12)24(26)27)28-18(25)15-14-5-3-4-10-23(14)19(20-15)30-2/h3-11H,1-2H3. The Morgan fingerprint density at radius 3 is 2.70 bits per heavy atom. The molecular formula is C19H15N5O5S. The molecule has 0 fully saturated rings. The molecule has 152 valence electrons. The second-order valence-electron chi connectivity index (χ2n) is 6.20. The molecule has 0 saturated carbocycles. The summed E-state index contributed by atoms with van der Waals surface area (Å²) in [5, 5.41) is 19.3. The van der Waals surface area contributed by atoms with Crippen LogP contribution in [0.5, 0.6) is 0 Å². The van der Waals surface area contributed by atoms with Gasteiger partial charge in [0.05, 0.1) is 10.4 Å². The third-order valence-electron chi connectivity index (χ3n) is 4.29. The number of nitrogens with zero attached hydrogens (tertiary/aromatic N) is 5. The van der Waals surface area contributed by atoms with Gasteiger partial charge in [0.1, 0.15) is 0 Å². The smallest absolute Gasteiger partial charge is 0.360 e. The maximum atomic E-state index is 12.7. The van der Waals surface area contributed by atoms with Gasteiger partial charge in [-0.05, 0) is 37.4 Å². The van der Waals surface area contributed by atoms with Crippen molar-refractivity contribution in [2.24, 2.45) is 0 Å². The first-order valence-corrected chi connectivity index (χ1v) is 10.0. The van der Waals surface area contributed by atoms with Crippen molar-refractivity contribution >= 4 is 28.9 Å². The Morgan fingerprint density at radius 1 is 1.23 bits per heavy atom. The molecule has 1 aromatic carbocycles. The predicted molar refractivity (Wildman–Crippen MR) is 107 cm³/mol. The first kappa shape index (κ1) is 19.6. The van der Waals surface area contributed by atoms with E-state index in [0.717, 1.165) is 0 Å². The van der Waals surface area contributed by atoms with E-state index in [-0.39, 0.29) is 23.2 Å². The number of nitro benzene ring substituents is 1. The molecule has 3 heterocycles. The molecule has 0 N–H and O–H groups in total. The zero-order chi connectivity index (χ0) is 21.3. The Kier molecular flexibility index (Phi) is 5.19. The van der Waals surface area contributed by atoms with Gasteiger partial charge in [-0.2, -0.15) is 0 Å². The van der Waals surface area contributed by atoms with Crippen LogP contribution in [0.4, 0.5) is 5.69 Å². The lowest BCUT2D eigenvalue weighted by molar-refractivity contribution is -0.384. The van der Waals surface area contributed by atoms with Gasteiger partial charge >= 0.3 is 5.97 Å². The topological polar surface area (TPSA) is 126 Å². The summed E-state index contributed by atoms with van der Waals surface area (Å²) in [4.78, 5) is 27.3. The molecule has 3 aromatic heterocycles. The summed E-state index contributed by atoms with van der Waals surface area (Å²) in [6, 6.07) is 11.2. The van der Waals surface area contributed by atoms with Crippen molar-refractivity contribution in [1.82, 2.24) is 19.6 Å². The molecule has 4 aromatic rings. The van der Waals surface area contributed by atoms with Crippen molar-refractivity contribution in [2.75, 3.05) is 6.26 Å². The third-order valence-corrected chi connectivity index (χ3v) is 4.94. The van der Waals surface area contributed by atoms with Gasteiger partial charge in [-0.25, -0.2) is 9.78 Å². The Labute approximate surface area is 174 Å². The van der Waals surface area contributed by atoms with Crippen LogP contribution in [-0.4, -0.2) is 36.7 Å². The number of carbonyl (C=O) groups is 1. The average Bonchev–Trinajstić information content (AvgIpc) is 3.39. The maximum Gasteiger partial charge on any atom is 0.360 e. The zero-order valence-corrected chi connectivity index (χ0v) is 16.7. The van der Waals surface area contributed by atoms with Crippen molar-refractivity contribution in [3.63, 3.8) is 0 Å². The Morgan fingerprint density at radius 2 is 2.00 bits per heavy atom. The Hall–Kier alpha value is -3.73. The highest BCUT2D eigenvalue weighted by Gasteiger charge is 2.24. The third kappa shape index (κ3) is 3.62. The van der Waals surface area contributed by atoms with Crippen molar-refractivity contribution < 1.29 is 18.9 Å². The number of esters is 1. The summed E-state index contributed by atoms with van der Waals surface area (Å²) in [6.07, 6.45) is 2.88. The molecule has 0 bridgehead atoms. The van der Waals surface area contributed by atoms with Gasteiger partial charge in [0.15, 0.2) is 17.0 Å². The lowest BCUT2D eigenvalue weighted by Gasteiger charge is -2.08. The average molecular weight is 425 g/mol. The van der Waals surface area contributed by atoms with E-state index in [2.05, 4.69) is 15.2 Å². The van der Waals surface area contributed by atoms with Crippen molar-refractivity contribution in [3.05, 3.63) is 70.4 Å². The van der Waals surface area contributed by atoms with Gasteiger partial charge in [0, 0.05) is 23.9 Å². The molecule has 0 saturated heterocycles. The summed E-state index contributed by atoms with van der Waals surface area (Å²) >= 11 is 1.42. The molecule has 0 radical (unpaired) electrons. The minimum absolute atomic E-state index is 0.0438. The number of benzene rings is 1. The Bertz CT molecular complexity index is 1230. The molecule has 30 heavy (non-hydrogen) atoms. The molecule has 4 rings (SSSR count). The van der Waals surface area contributed by atoms with Crippen molar-refractivity contribution in [3.8, 4) is 11.5 Å². The molecule has 11 heteroatoms. The monoisotopic (exact) mass is 425 g/mol. The number of hydrogen-bond acceptors (Lipinski definition) is 9. The van der Waals surface area contributed by atoms with Crippen LogP contribution in [0.15, 0.2) is 58.2 Å². The first-order valence-electron chi connectivity index (χ1n) is 8.78. The molecule has 1 unspecified atom stereocenters. The van der Waals surface area contributed by atoms with E-state index < -0.39 is 17.0 Å². The SMILES string of the molecule is CSc1nc(C(=O)OC(C)c2nnc(-c3ccc([N+](=O)[O-])cc3)o2)c2ccccn12. The van der Waals surface area contributed by atoms with Crippen LogP contribution in [0.2, 0.25) is 0 Å². The van der Waals surface area contributed by atoms with Crippen LogP contribution in [0.3, 0.4) is 0 Å². The summed E-state index contributed by atoms with van der Waals surface area (Å²) in [5.41, 5.74) is 1.30. The number of ether oxygens (including phenoxy) is 1. The van der Waals surface area contributed by atoms with E-state index in [1.807, 2.05) is 29.0 Å². The van der Waals surface area contributed by atoms with E-state index in [1.165, 1.54) is 36.0 Å². The maximum absolute atomic E-state index is 12.7. The molecule has 1 atom stereocenters. The number of non-ortho nitro benzene ring substituents is 1. The largest absolute Gasteiger partial charge is 0.448 e. The number of carbonyl (C=O) groups excluding carboxylic acids is 1. The lowest BCUT2D eigenvalue weighted by Crippen LogP contribution is -2.10. The van der Waals surface area contributed by atoms with Gasteiger partial charge in [0.2, 0.25) is 5.89 Å². The minimum atomic E-state index is -0.810. The molecule has 0 aliphatic heterocycles. The van der Waals surface area contributed by atoms with E-state index in [9.17, 15) is 14.9 Å². The first-order chi connectivity index (χ1) is 14.5. The van der Waals surface area contributed by atoms with Crippen LogP contribution in [0.1, 0.15) is 29.4 Å². The van der Waals surface area contributed by atoms with Crippen LogP contribution in [-0.2, 0) is 4.74 Å². The van der Waals surface area contributed by atoms with Crippen LogP contribution >= 0.6 is 11.8 Å². The second kappa shape index (κ2) is 7.95. The van der Waals surface area contributed by atoms with E-state index >= 15 is 0 Å². The van der Waals surface area contributed by atoms with Gasteiger partial charge in [-0.15, -0.1) is 10.2 Å². The van der Waals surface area contributed by atoms with Crippen LogP contribution in [0, 0.1) is 10.1 Å². The summed E-state index contributed by atoms with van der Waals surface area (Å²) in [6.45, 7) is 1.61. The minimum Gasteiger partial charge on any atom is -0.448 e. The summed E-state index contributed by atoms with van der Waals surface area (Å²) in [5.74, 6) is -0.341. The fraction of sp³-hybridized carbons (Fsp3) is 0.158. The molecule has 0 spiro atoms. The van der Waals surface area contributed by atoms with Gasteiger partial charge in [-0.1, -0.05) is 17.8 Å². The number of pyridine rings is 1. The number of aromatic nitrogens is 4. The second-order valence-corrected chi connectivity index (χ2v) is 6.97. The number of nitro groups is 1. The van der Waals surface area contributed by atoms with Gasteiger partial charge in [-0.3, -0.25) is 14.5 Å². The number of rotatable bonds is 6. The number of imidazole rings is 1. The summed E-state index contributed by atoms with van der Waals surface area (Å²) in [7, 11) is 0. The van der Waals surface area contributed by atoms with Gasteiger partial charge < -0.3 is 9.15 Å². The lowest BCUT2D eigenvalue weighted by atomic mass is 10.2. The Balaban J connectivity index is 1.53.